The molecule has 0 saturated heterocycles. The van der Waals surface area contributed by atoms with E-state index in [9.17, 15) is 4.39 Å². The first kappa shape index (κ1) is 16.1. The minimum absolute atomic E-state index is 0.0605. The molecule has 6 rings (SSSR count). The van der Waals surface area contributed by atoms with Crippen molar-refractivity contribution in [1.82, 2.24) is 0 Å². The Bertz CT molecular complexity index is 1160. The van der Waals surface area contributed by atoms with E-state index in [4.69, 9.17) is 0 Å². The van der Waals surface area contributed by atoms with Crippen LogP contribution >= 0.6 is 0 Å². The zero-order valence-electron chi connectivity index (χ0n) is 15.7. The largest absolute Gasteiger partial charge is 0.207 e. The first-order valence-electron chi connectivity index (χ1n) is 10.1. The van der Waals surface area contributed by atoms with E-state index >= 15 is 0 Å². The van der Waals surface area contributed by atoms with Crippen molar-refractivity contribution in [1.29, 1.82) is 0 Å². The maximum Gasteiger partial charge on any atom is 0.126 e. The van der Waals surface area contributed by atoms with E-state index in [1.165, 1.54) is 39.0 Å². The molecule has 3 aromatic rings. The predicted molar refractivity (Wildman–Crippen MR) is 113 cm³/mol. The Morgan fingerprint density at radius 1 is 0.750 bits per heavy atom. The third-order valence-electron chi connectivity index (χ3n) is 6.81. The van der Waals surface area contributed by atoms with Crippen molar-refractivity contribution in [3.8, 4) is 11.1 Å². The van der Waals surface area contributed by atoms with Gasteiger partial charge in [0.15, 0.2) is 0 Å². The molecule has 28 heavy (non-hydrogen) atoms. The number of hydrogen-bond acceptors (Lipinski definition) is 0. The Kier molecular flexibility index (Phi) is 3.46. The van der Waals surface area contributed by atoms with Crippen molar-refractivity contribution in [2.75, 3.05) is 0 Å². The fraction of sp³-hybridized carbons (Fsp3) is 0.185. The molecule has 0 nitrogen and oxygen atoms in total. The van der Waals surface area contributed by atoms with Crippen molar-refractivity contribution in [3.05, 3.63) is 113 Å². The molecule has 0 spiro atoms. The molecule has 0 aromatic heterocycles. The number of halogens is 1. The number of benzene rings is 3. The molecular formula is C27H21F. The van der Waals surface area contributed by atoms with Crippen LogP contribution in [0.3, 0.4) is 0 Å². The Balaban J connectivity index is 1.36. The predicted octanol–water partition coefficient (Wildman–Crippen LogP) is 6.91. The summed E-state index contributed by atoms with van der Waals surface area (Å²) in [7, 11) is 0. The van der Waals surface area contributed by atoms with Gasteiger partial charge in [0.2, 0.25) is 0 Å². The number of fused-ring (bicyclic) bond motifs is 4. The van der Waals surface area contributed by atoms with Crippen molar-refractivity contribution >= 4 is 5.57 Å². The first-order valence-corrected chi connectivity index (χ1v) is 10.1. The summed E-state index contributed by atoms with van der Waals surface area (Å²) in [6.45, 7) is 0. The van der Waals surface area contributed by atoms with Crippen molar-refractivity contribution in [3.63, 3.8) is 0 Å². The van der Waals surface area contributed by atoms with E-state index in [1.54, 1.807) is 12.1 Å². The topological polar surface area (TPSA) is 0 Å². The smallest absolute Gasteiger partial charge is 0.126 e. The van der Waals surface area contributed by atoms with E-state index in [0.29, 0.717) is 5.92 Å². The van der Waals surface area contributed by atoms with Crippen LogP contribution in [0.25, 0.3) is 16.7 Å². The zero-order valence-corrected chi connectivity index (χ0v) is 15.7. The minimum atomic E-state index is -0.0605. The minimum Gasteiger partial charge on any atom is -0.207 e. The maximum absolute atomic E-state index is 14.3. The Labute approximate surface area is 165 Å². The van der Waals surface area contributed by atoms with E-state index in [2.05, 4.69) is 54.6 Å². The lowest BCUT2D eigenvalue weighted by Gasteiger charge is -2.17. The Morgan fingerprint density at radius 2 is 1.54 bits per heavy atom. The lowest BCUT2D eigenvalue weighted by Crippen LogP contribution is -2.02. The van der Waals surface area contributed by atoms with Crippen LogP contribution in [0.1, 0.15) is 41.0 Å². The summed E-state index contributed by atoms with van der Waals surface area (Å²) in [6, 6.07) is 22.8. The molecule has 0 amide bonds. The molecule has 136 valence electrons. The Hall–Kier alpha value is -2.93. The summed E-state index contributed by atoms with van der Waals surface area (Å²) in [5, 5.41) is 0. The molecule has 3 aliphatic rings. The van der Waals surface area contributed by atoms with Gasteiger partial charge in [0.05, 0.1) is 0 Å². The van der Waals surface area contributed by atoms with Crippen LogP contribution in [0.15, 0.2) is 84.5 Å². The van der Waals surface area contributed by atoms with E-state index in [0.717, 1.165) is 24.8 Å². The molecular weight excluding hydrogens is 343 g/mol. The zero-order chi connectivity index (χ0) is 18.7. The molecule has 0 aliphatic heterocycles. The van der Waals surface area contributed by atoms with Crippen LogP contribution in [0.2, 0.25) is 0 Å². The number of allylic oxidation sites excluding steroid dienone is 4. The summed E-state index contributed by atoms with van der Waals surface area (Å²) in [5.74, 6) is 0.657. The van der Waals surface area contributed by atoms with Crippen LogP contribution in [0, 0.1) is 11.7 Å². The molecule has 0 heterocycles. The van der Waals surface area contributed by atoms with Gasteiger partial charge >= 0.3 is 0 Å². The second-order valence-corrected chi connectivity index (χ2v) is 8.24. The third-order valence-corrected chi connectivity index (χ3v) is 6.81. The normalized spacial score (nSPS) is 21.8. The first-order chi connectivity index (χ1) is 13.8. The summed E-state index contributed by atoms with van der Waals surface area (Å²) >= 11 is 0. The molecule has 2 atom stereocenters. The van der Waals surface area contributed by atoms with Crippen LogP contribution in [0.5, 0.6) is 0 Å². The molecule has 0 N–H and O–H groups in total. The van der Waals surface area contributed by atoms with Crippen LogP contribution in [0.4, 0.5) is 4.39 Å². The van der Waals surface area contributed by atoms with Crippen LogP contribution in [-0.2, 0) is 6.42 Å². The standard InChI is InChI=1S/C27H21F/c28-27-11-4-3-8-21(27)19-14-18-12-13-24(25(18)16-19)23-10-5-9-22-20-7-2-1-6-17(20)15-26(22)23/h1-13,19,25H,14-16H2. The van der Waals surface area contributed by atoms with Crippen molar-refractivity contribution in [2.24, 2.45) is 5.92 Å². The second kappa shape index (κ2) is 6.04. The lowest BCUT2D eigenvalue weighted by molar-refractivity contribution is 0.575. The van der Waals surface area contributed by atoms with Gasteiger partial charge in [0.25, 0.3) is 0 Å². The summed E-state index contributed by atoms with van der Waals surface area (Å²) in [6.07, 6.45) is 7.60. The molecule has 0 bridgehead atoms. The number of rotatable bonds is 2. The highest BCUT2D eigenvalue weighted by Gasteiger charge is 2.37. The molecule has 0 radical (unpaired) electrons. The molecule has 3 aromatic carbocycles. The molecule has 1 heteroatoms. The van der Waals surface area contributed by atoms with Gasteiger partial charge in [-0.05, 0) is 70.2 Å². The van der Waals surface area contributed by atoms with Gasteiger partial charge < -0.3 is 0 Å². The number of hydrogen-bond donors (Lipinski definition) is 0. The monoisotopic (exact) mass is 364 g/mol. The Morgan fingerprint density at radius 3 is 2.46 bits per heavy atom. The van der Waals surface area contributed by atoms with Crippen molar-refractivity contribution in [2.45, 2.75) is 25.2 Å². The van der Waals surface area contributed by atoms with E-state index in [1.807, 2.05) is 12.1 Å². The summed E-state index contributed by atoms with van der Waals surface area (Å²) in [4.78, 5) is 0. The molecule has 1 saturated carbocycles. The van der Waals surface area contributed by atoms with Gasteiger partial charge in [-0.1, -0.05) is 78.4 Å². The molecule has 3 aliphatic carbocycles. The lowest BCUT2D eigenvalue weighted by atomic mass is 9.86. The third kappa shape index (κ3) is 2.29. The highest BCUT2D eigenvalue weighted by molar-refractivity contribution is 5.86. The average molecular weight is 364 g/mol. The fourth-order valence-electron chi connectivity index (χ4n) is 5.52. The van der Waals surface area contributed by atoms with E-state index in [-0.39, 0.29) is 11.7 Å². The van der Waals surface area contributed by atoms with Gasteiger partial charge in [-0.3, -0.25) is 0 Å². The fourth-order valence-corrected chi connectivity index (χ4v) is 5.52. The van der Waals surface area contributed by atoms with Crippen LogP contribution in [-0.4, -0.2) is 0 Å². The summed E-state index contributed by atoms with van der Waals surface area (Å²) in [5.41, 5.74) is 10.8. The van der Waals surface area contributed by atoms with Gasteiger partial charge in [-0.15, -0.1) is 0 Å². The van der Waals surface area contributed by atoms with E-state index < -0.39 is 0 Å². The summed E-state index contributed by atoms with van der Waals surface area (Å²) < 4.78 is 14.3. The second-order valence-electron chi connectivity index (χ2n) is 8.24. The quantitative estimate of drug-likeness (QED) is 0.362. The SMILES string of the molecule is Fc1ccccc1C1CC2=CC=C(c3cccc4c3Cc3ccccc3-4)C2C1. The molecule has 1 fully saturated rings. The highest BCUT2D eigenvalue weighted by atomic mass is 19.1. The van der Waals surface area contributed by atoms with Crippen molar-refractivity contribution < 1.29 is 4.39 Å². The average Bonchev–Trinajstić information content (AvgIpc) is 3.40. The maximum atomic E-state index is 14.3. The molecule has 2 unspecified atom stereocenters. The van der Waals surface area contributed by atoms with Gasteiger partial charge in [0, 0.05) is 5.92 Å². The van der Waals surface area contributed by atoms with Crippen LogP contribution < -0.4 is 0 Å². The highest BCUT2D eigenvalue weighted by Crippen LogP contribution is 2.52. The van der Waals surface area contributed by atoms with Gasteiger partial charge in [-0.2, -0.15) is 0 Å². The van der Waals surface area contributed by atoms with Gasteiger partial charge in [-0.25, -0.2) is 4.39 Å². The van der Waals surface area contributed by atoms with Gasteiger partial charge in [0.1, 0.15) is 5.82 Å².